The highest BCUT2D eigenvalue weighted by Gasteiger charge is 2.09. The Labute approximate surface area is 239 Å². The fourth-order valence-corrected chi connectivity index (χ4v) is 4.60. The molecule has 4 heteroatoms. The maximum Gasteiger partial charge on any atom is 0.188 e. The van der Waals surface area contributed by atoms with Crippen LogP contribution >= 0.6 is 0 Å². The van der Waals surface area contributed by atoms with E-state index in [0.29, 0.717) is 6.79 Å². The van der Waals surface area contributed by atoms with Crippen LogP contribution in [0, 0.1) is 0 Å². The van der Waals surface area contributed by atoms with E-state index in [-0.39, 0.29) is 6.29 Å². The van der Waals surface area contributed by atoms with E-state index in [9.17, 15) is 0 Å². The van der Waals surface area contributed by atoms with Crippen molar-refractivity contribution in [3.63, 3.8) is 0 Å². The normalized spacial score (nSPS) is 11.8. The van der Waals surface area contributed by atoms with Crippen molar-refractivity contribution in [1.82, 2.24) is 0 Å². The molecule has 0 radical (unpaired) electrons. The molecule has 4 nitrogen and oxygen atoms in total. The second-order valence-electron chi connectivity index (χ2n) is 11.0. The molecule has 0 atom stereocenters. The van der Waals surface area contributed by atoms with Crippen LogP contribution < -0.4 is 0 Å². The Bertz CT molecular complexity index is 428. The number of hydrogen-bond donors (Lipinski definition) is 0. The van der Waals surface area contributed by atoms with Gasteiger partial charge in [-0.3, -0.25) is 0 Å². The van der Waals surface area contributed by atoms with Crippen LogP contribution in [0.1, 0.15) is 175 Å². The number of ether oxygens (including phenoxy) is 4. The SMILES string of the molecule is CCCCCCCCCOCOC=CCCCCCCCCCCCC(OCCCCC)OCCCCC. The summed E-state index contributed by atoms with van der Waals surface area (Å²) >= 11 is 0. The second kappa shape index (κ2) is 34.4. The van der Waals surface area contributed by atoms with Crippen molar-refractivity contribution in [3.05, 3.63) is 12.3 Å². The zero-order valence-corrected chi connectivity index (χ0v) is 26.2. The van der Waals surface area contributed by atoms with Crippen molar-refractivity contribution in [2.45, 2.75) is 181 Å². The lowest BCUT2D eigenvalue weighted by Gasteiger charge is -2.18. The standard InChI is InChI=1S/C34H68O4/c1-4-7-10-11-18-21-26-29-35-33-36-30-27-22-19-16-14-12-13-15-17-20-23-28-34(37-31-24-8-5-2)38-32-25-9-6-3/h27,30,34H,4-26,28-29,31-33H2,1-3H3. The smallest absolute Gasteiger partial charge is 0.188 e. The molecule has 0 aliphatic rings. The van der Waals surface area contributed by atoms with Gasteiger partial charge in [-0.25, -0.2) is 0 Å². The zero-order chi connectivity index (χ0) is 27.6. The first-order chi connectivity index (χ1) is 18.8. The summed E-state index contributed by atoms with van der Waals surface area (Å²) in [5.74, 6) is 0. The highest BCUT2D eigenvalue weighted by molar-refractivity contribution is 4.72. The molecule has 0 aromatic heterocycles. The molecule has 228 valence electrons. The van der Waals surface area contributed by atoms with E-state index in [1.54, 1.807) is 0 Å². The van der Waals surface area contributed by atoms with E-state index in [4.69, 9.17) is 18.9 Å². The largest absolute Gasteiger partial charge is 0.475 e. The van der Waals surface area contributed by atoms with Gasteiger partial charge in [0.1, 0.15) is 0 Å². The van der Waals surface area contributed by atoms with E-state index in [1.807, 2.05) is 6.26 Å². The Balaban J connectivity index is 3.41. The summed E-state index contributed by atoms with van der Waals surface area (Å²) in [7, 11) is 0. The summed E-state index contributed by atoms with van der Waals surface area (Å²) in [6.07, 6.45) is 34.6. The van der Waals surface area contributed by atoms with E-state index in [0.717, 1.165) is 51.9 Å². The Morgan fingerprint density at radius 1 is 0.474 bits per heavy atom. The lowest BCUT2D eigenvalue weighted by Crippen LogP contribution is -2.19. The van der Waals surface area contributed by atoms with Gasteiger partial charge in [0, 0.05) is 13.2 Å². The first-order valence-electron chi connectivity index (χ1n) is 16.9. The minimum Gasteiger partial charge on any atom is -0.475 e. The molecule has 0 aliphatic carbocycles. The van der Waals surface area contributed by atoms with Crippen LogP contribution in [0.2, 0.25) is 0 Å². The zero-order valence-electron chi connectivity index (χ0n) is 26.2. The molecule has 0 fully saturated rings. The van der Waals surface area contributed by atoms with Crippen LogP contribution in [0.15, 0.2) is 12.3 Å². The number of unbranched alkanes of at least 4 members (excludes halogenated alkanes) is 19. The molecule has 0 amide bonds. The van der Waals surface area contributed by atoms with Crippen molar-refractivity contribution < 1.29 is 18.9 Å². The van der Waals surface area contributed by atoms with Crippen LogP contribution in [0.3, 0.4) is 0 Å². The Morgan fingerprint density at radius 2 is 0.921 bits per heavy atom. The number of rotatable bonds is 33. The fraction of sp³-hybridized carbons (Fsp3) is 0.941. The van der Waals surface area contributed by atoms with Gasteiger partial charge in [0.2, 0.25) is 0 Å². The molecule has 0 heterocycles. The summed E-state index contributed by atoms with van der Waals surface area (Å²) in [6, 6.07) is 0. The molecule has 0 spiro atoms. The molecule has 0 aromatic carbocycles. The fourth-order valence-electron chi connectivity index (χ4n) is 4.60. The average Bonchev–Trinajstić information content (AvgIpc) is 2.93. The number of allylic oxidation sites excluding steroid dienone is 1. The predicted molar refractivity (Wildman–Crippen MR) is 165 cm³/mol. The molecule has 0 N–H and O–H groups in total. The van der Waals surface area contributed by atoms with Crippen LogP contribution in [-0.2, 0) is 18.9 Å². The van der Waals surface area contributed by atoms with Crippen LogP contribution in [0.25, 0.3) is 0 Å². The van der Waals surface area contributed by atoms with Crippen molar-refractivity contribution in [3.8, 4) is 0 Å². The van der Waals surface area contributed by atoms with E-state index in [1.165, 1.54) is 122 Å². The van der Waals surface area contributed by atoms with Crippen molar-refractivity contribution >= 4 is 0 Å². The summed E-state index contributed by atoms with van der Waals surface area (Å²) < 4.78 is 23.0. The van der Waals surface area contributed by atoms with E-state index >= 15 is 0 Å². The van der Waals surface area contributed by atoms with Gasteiger partial charge in [-0.05, 0) is 51.0 Å². The predicted octanol–water partition coefficient (Wildman–Crippen LogP) is 11.3. The molecular formula is C34H68O4. The lowest BCUT2D eigenvalue weighted by atomic mass is 10.1. The lowest BCUT2D eigenvalue weighted by molar-refractivity contribution is -0.148. The highest BCUT2D eigenvalue weighted by Crippen LogP contribution is 2.15. The topological polar surface area (TPSA) is 36.9 Å². The summed E-state index contributed by atoms with van der Waals surface area (Å²) in [5, 5.41) is 0. The quantitative estimate of drug-likeness (QED) is 0.0471. The molecule has 0 aliphatic heterocycles. The third-order valence-electron chi connectivity index (χ3n) is 7.15. The van der Waals surface area contributed by atoms with Gasteiger partial charge < -0.3 is 18.9 Å². The monoisotopic (exact) mass is 541 g/mol. The maximum atomic E-state index is 6.03. The van der Waals surface area contributed by atoms with Crippen LogP contribution in [0.5, 0.6) is 0 Å². The molecule has 0 aromatic rings. The molecule has 0 saturated heterocycles. The van der Waals surface area contributed by atoms with Gasteiger partial charge in [0.25, 0.3) is 0 Å². The highest BCUT2D eigenvalue weighted by atomic mass is 16.7. The molecular weight excluding hydrogens is 472 g/mol. The second-order valence-corrected chi connectivity index (χ2v) is 11.0. The third-order valence-corrected chi connectivity index (χ3v) is 7.15. The molecule has 0 rings (SSSR count). The van der Waals surface area contributed by atoms with E-state index < -0.39 is 0 Å². The van der Waals surface area contributed by atoms with Gasteiger partial charge in [-0.15, -0.1) is 0 Å². The number of hydrogen-bond acceptors (Lipinski definition) is 4. The molecule has 0 bridgehead atoms. The van der Waals surface area contributed by atoms with Gasteiger partial charge in [0.15, 0.2) is 13.1 Å². The van der Waals surface area contributed by atoms with Crippen LogP contribution in [0.4, 0.5) is 0 Å². The van der Waals surface area contributed by atoms with Crippen molar-refractivity contribution in [1.29, 1.82) is 0 Å². The Kier molecular flexibility index (Phi) is 33.9. The minimum atomic E-state index is 0.0191. The third kappa shape index (κ3) is 31.6. The molecule has 0 unspecified atom stereocenters. The molecule has 38 heavy (non-hydrogen) atoms. The molecule has 0 saturated carbocycles. The Morgan fingerprint density at radius 3 is 1.50 bits per heavy atom. The minimum absolute atomic E-state index is 0.0191. The van der Waals surface area contributed by atoms with Crippen LogP contribution in [-0.4, -0.2) is 32.9 Å². The van der Waals surface area contributed by atoms with Gasteiger partial charge >= 0.3 is 0 Å². The van der Waals surface area contributed by atoms with Crippen molar-refractivity contribution in [2.24, 2.45) is 0 Å². The van der Waals surface area contributed by atoms with Gasteiger partial charge in [0.05, 0.1) is 12.9 Å². The summed E-state index contributed by atoms with van der Waals surface area (Å²) in [5.41, 5.74) is 0. The maximum absolute atomic E-state index is 6.03. The first kappa shape index (κ1) is 37.4. The Hall–Kier alpha value is -0.580. The summed E-state index contributed by atoms with van der Waals surface area (Å²) in [6.45, 7) is 9.66. The summed E-state index contributed by atoms with van der Waals surface area (Å²) in [4.78, 5) is 0. The average molecular weight is 541 g/mol. The first-order valence-corrected chi connectivity index (χ1v) is 16.9. The van der Waals surface area contributed by atoms with Gasteiger partial charge in [-0.2, -0.15) is 0 Å². The van der Waals surface area contributed by atoms with Gasteiger partial charge in [-0.1, -0.05) is 130 Å². The van der Waals surface area contributed by atoms with Crippen molar-refractivity contribution in [2.75, 3.05) is 26.6 Å². The van der Waals surface area contributed by atoms with E-state index in [2.05, 4.69) is 26.8 Å².